The average Bonchev–Trinajstić information content (AvgIpc) is 2.21. The fourth-order valence-electron chi connectivity index (χ4n) is 1.64. The van der Waals surface area contributed by atoms with Gasteiger partial charge in [0.2, 0.25) is 0 Å². The Balaban J connectivity index is 2.68. The Morgan fingerprint density at radius 3 is 2.50 bits per heavy atom. The van der Waals surface area contributed by atoms with Gasteiger partial charge in [0.05, 0.1) is 0 Å². The predicted octanol–water partition coefficient (Wildman–Crippen LogP) is 2.74. The molecule has 0 aliphatic carbocycles. The number of anilines is 1. The van der Waals surface area contributed by atoms with Crippen LogP contribution in [0.2, 0.25) is 0 Å². The van der Waals surface area contributed by atoms with E-state index in [0.29, 0.717) is 12.3 Å². The molecule has 0 radical (unpaired) electrons. The lowest BCUT2D eigenvalue weighted by Crippen LogP contribution is -1.98. The molecule has 0 amide bonds. The second kappa shape index (κ2) is 5.43. The molecule has 0 saturated carbocycles. The van der Waals surface area contributed by atoms with Crippen LogP contribution in [0.4, 0.5) is 5.69 Å². The number of hydrogen-bond acceptors (Lipinski definition) is 2. The van der Waals surface area contributed by atoms with E-state index in [1.165, 1.54) is 5.56 Å². The molecule has 1 unspecified atom stereocenters. The zero-order valence-corrected chi connectivity index (χ0v) is 8.57. The SMILES string of the molecule is CCC(CCC=O)c1ccc(N)cc1. The summed E-state index contributed by atoms with van der Waals surface area (Å²) in [6.45, 7) is 2.14. The van der Waals surface area contributed by atoms with E-state index in [9.17, 15) is 4.79 Å². The largest absolute Gasteiger partial charge is 0.399 e. The highest BCUT2D eigenvalue weighted by Crippen LogP contribution is 2.24. The second-order valence-corrected chi connectivity index (χ2v) is 3.52. The maximum Gasteiger partial charge on any atom is 0.120 e. The molecule has 0 fully saturated rings. The summed E-state index contributed by atoms with van der Waals surface area (Å²) in [5, 5.41) is 0. The van der Waals surface area contributed by atoms with E-state index >= 15 is 0 Å². The van der Waals surface area contributed by atoms with E-state index in [4.69, 9.17) is 5.73 Å². The Hall–Kier alpha value is -1.31. The minimum Gasteiger partial charge on any atom is -0.399 e. The van der Waals surface area contributed by atoms with Gasteiger partial charge in [-0.25, -0.2) is 0 Å². The Morgan fingerprint density at radius 1 is 1.36 bits per heavy atom. The molecule has 2 heteroatoms. The Labute approximate surface area is 85.1 Å². The molecule has 76 valence electrons. The van der Waals surface area contributed by atoms with Crippen LogP contribution >= 0.6 is 0 Å². The van der Waals surface area contributed by atoms with Crippen molar-refractivity contribution in [2.45, 2.75) is 32.1 Å². The van der Waals surface area contributed by atoms with Gasteiger partial charge >= 0.3 is 0 Å². The van der Waals surface area contributed by atoms with Crippen LogP contribution in [-0.4, -0.2) is 6.29 Å². The molecule has 0 heterocycles. The first-order chi connectivity index (χ1) is 6.77. The lowest BCUT2D eigenvalue weighted by atomic mass is 9.92. The van der Waals surface area contributed by atoms with Crippen molar-refractivity contribution in [3.8, 4) is 0 Å². The number of nitrogens with two attached hydrogens (primary N) is 1. The normalized spacial score (nSPS) is 12.4. The molecule has 1 atom stereocenters. The molecule has 0 aliphatic rings. The van der Waals surface area contributed by atoms with Gasteiger partial charge < -0.3 is 10.5 Å². The third-order valence-electron chi connectivity index (χ3n) is 2.53. The van der Waals surface area contributed by atoms with Crippen LogP contribution in [-0.2, 0) is 4.79 Å². The average molecular weight is 191 g/mol. The fourth-order valence-corrected chi connectivity index (χ4v) is 1.64. The van der Waals surface area contributed by atoms with Gasteiger partial charge in [-0.1, -0.05) is 19.1 Å². The van der Waals surface area contributed by atoms with Gasteiger partial charge in [0.25, 0.3) is 0 Å². The van der Waals surface area contributed by atoms with Gasteiger partial charge in [0, 0.05) is 12.1 Å². The minimum atomic E-state index is 0.487. The summed E-state index contributed by atoms with van der Waals surface area (Å²) in [7, 11) is 0. The van der Waals surface area contributed by atoms with Gasteiger partial charge in [-0.3, -0.25) is 0 Å². The highest BCUT2D eigenvalue weighted by atomic mass is 16.1. The van der Waals surface area contributed by atoms with Crippen LogP contribution in [0.5, 0.6) is 0 Å². The van der Waals surface area contributed by atoms with Crippen LogP contribution in [0.15, 0.2) is 24.3 Å². The molecule has 0 aliphatic heterocycles. The summed E-state index contributed by atoms with van der Waals surface area (Å²) in [6, 6.07) is 7.93. The monoisotopic (exact) mass is 191 g/mol. The van der Waals surface area contributed by atoms with E-state index in [0.717, 1.165) is 24.8 Å². The molecule has 0 aromatic heterocycles. The third-order valence-corrected chi connectivity index (χ3v) is 2.53. The maximum absolute atomic E-state index is 10.3. The molecular weight excluding hydrogens is 174 g/mol. The van der Waals surface area contributed by atoms with Crippen LogP contribution in [0.1, 0.15) is 37.7 Å². The van der Waals surface area contributed by atoms with Crippen LogP contribution < -0.4 is 5.73 Å². The zero-order valence-electron chi connectivity index (χ0n) is 8.57. The minimum absolute atomic E-state index is 0.487. The van der Waals surface area contributed by atoms with Gasteiger partial charge in [-0.05, 0) is 36.5 Å². The van der Waals surface area contributed by atoms with Crippen molar-refractivity contribution >= 4 is 12.0 Å². The molecule has 0 spiro atoms. The van der Waals surface area contributed by atoms with Crippen LogP contribution in [0.25, 0.3) is 0 Å². The van der Waals surface area contributed by atoms with E-state index in [2.05, 4.69) is 6.92 Å². The first kappa shape index (κ1) is 10.8. The predicted molar refractivity (Wildman–Crippen MR) is 59.2 cm³/mol. The number of hydrogen-bond donors (Lipinski definition) is 1. The zero-order chi connectivity index (χ0) is 10.4. The summed E-state index contributed by atoms with van der Waals surface area (Å²) in [5.41, 5.74) is 7.68. The quantitative estimate of drug-likeness (QED) is 0.574. The van der Waals surface area contributed by atoms with Gasteiger partial charge in [0.15, 0.2) is 0 Å². The van der Waals surface area contributed by atoms with Gasteiger partial charge in [-0.15, -0.1) is 0 Å². The van der Waals surface area contributed by atoms with E-state index in [-0.39, 0.29) is 0 Å². The van der Waals surface area contributed by atoms with E-state index in [1.54, 1.807) is 0 Å². The van der Waals surface area contributed by atoms with Crippen molar-refractivity contribution in [1.82, 2.24) is 0 Å². The third kappa shape index (κ3) is 2.87. The highest BCUT2D eigenvalue weighted by Gasteiger charge is 2.07. The van der Waals surface area contributed by atoms with Gasteiger partial charge in [-0.2, -0.15) is 0 Å². The van der Waals surface area contributed by atoms with E-state index in [1.807, 2.05) is 24.3 Å². The standard InChI is InChI=1S/C12H17NO/c1-2-10(4-3-9-14)11-5-7-12(13)8-6-11/h5-10H,2-4,13H2,1H3. The number of benzene rings is 1. The lowest BCUT2D eigenvalue weighted by molar-refractivity contribution is -0.108. The van der Waals surface area contributed by atoms with Crippen LogP contribution in [0.3, 0.4) is 0 Å². The molecule has 1 aromatic carbocycles. The van der Waals surface area contributed by atoms with Crippen molar-refractivity contribution < 1.29 is 4.79 Å². The Kier molecular flexibility index (Phi) is 4.17. The number of aldehydes is 1. The number of carbonyl (C=O) groups excluding carboxylic acids is 1. The Bertz CT molecular complexity index is 279. The molecule has 2 N–H and O–H groups in total. The van der Waals surface area contributed by atoms with E-state index < -0.39 is 0 Å². The Morgan fingerprint density at radius 2 is 2.00 bits per heavy atom. The van der Waals surface area contributed by atoms with Crippen molar-refractivity contribution in [3.63, 3.8) is 0 Å². The number of nitrogen functional groups attached to an aromatic ring is 1. The first-order valence-electron chi connectivity index (χ1n) is 5.07. The smallest absolute Gasteiger partial charge is 0.120 e. The number of rotatable bonds is 5. The van der Waals surface area contributed by atoms with Crippen molar-refractivity contribution in [3.05, 3.63) is 29.8 Å². The summed E-state index contributed by atoms with van der Waals surface area (Å²) in [4.78, 5) is 10.3. The van der Waals surface area contributed by atoms with Crippen molar-refractivity contribution in [1.29, 1.82) is 0 Å². The molecule has 1 rings (SSSR count). The molecule has 14 heavy (non-hydrogen) atoms. The first-order valence-corrected chi connectivity index (χ1v) is 5.07. The molecular formula is C12H17NO. The highest BCUT2D eigenvalue weighted by molar-refractivity contribution is 5.49. The molecule has 0 saturated heterocycles. The second-order valence-electron chi connectivity index (χ2n) is 3.52. The molecule has 2 nitrogen and oxygen atoms in total. The molecule has 1 aromatic rings. The van der Waals surface area contributed by atoms with Crippen molar-refractivity contribution in [2.75, 3.05) is 5.73 Å². The van der Waals surface area contributed by atoms with Crippen molar-refractivity contribution in [2.24, 2.45) is 0 Å². The van der Waals surface area contributed by atoms with Crippen LogP contribution in [0, 0.1) is 0 Å². The summed E-state index contributed by atoms with van der Waals surface area (Å²) >= 11 is 0. The lowest BCUT2D eigenvalue weighted by Gasteiger charge is -2.13. The summed E-state index contributed by atoms with van der Waals surface area (Å²) < 4.78 is 0. The topological polar surface area (TPSA) is 43.1 Å². The number of carbonyl (C=O) groups is 1. The molecule has 0 bridgehead atoms. The summed E-state index contributed by atoms with van der Waals surface area (Å²) in [5.74, 6) is 0.487. The summed E-state index contributed by atoms with van der Waals surface area (Å²) in [6.07, 6.45) is 3.63. The van der Waals surface area contributed by atoms with Gasteiger partial charge in [0.1, 0.15) is 6.29 Å². The fraction of sp³-hybridized carbons (Fsp3) is 0.417. The maximum atomic E-state index is 10.3.